The molecule has 0 saturated carbocycles. The summed E-state index contributed by atoms with van der Waals surface area (Å²) in [6.45, 7) is 4.03. The number of ether oxygens (including phenoxy) is 2. The van der Waals surface area contributed by atoms with E-state index in [0.29, 0.717) is 31.2 Å². The highest BCUT2D eigenvalue weighted by atomic mass is 16.5. The zero-order chi connectivity index (χ0) is 22.1. The van der Waals surface area contributed by atoms with Crippen LogP contribution in [-0.4, -0.2) is 45.2 Å². The van der Waals surface area contributed by atoms with Crippen molar-refractivity contribution < 1.29 is 14.3 Å². The van der Waals surface area contributed by atoms with E-state index in [1.807, 2.05) is 60.4 Å². The number of nitrogens with one attached hydrogen (secondary N) is 2. The number of carbonyl (C=O) groups is 1. The number of nitrogens with zero attached hydrogens (tertiary/aromatic N) is 2. The fraction of sp³-hybridized carbons (Fsp3) is 0.417. The number of guanidine groups is 1. The van der Waals surface area contributed by atoms with E-state index in [0.717, 1.165) is 36.4 Å². The van der Waals surface area contributed by atoms with E-state index in [4.69, 9.17) is 9.47 Å². The van der Waals surface area contributed by atoms with Crippen molar-refractivity contribution in [2.24, 2.45) is 4.99 Å². The molecule has 3 rings (SSSR count). The normalized spacial score (nSPS) is 15.4. The Morgan fingerprint density at radius 2 is 1.84 bits per heavy atom. The minimum absolute atomic E-state index is 0.0730. The molecule has 1 unspecified atom stereocenters. The predicted molar refractivity (Wildman–Crippen MR) is 124 cm³/mol. The molecule has 1 atom stereocenters. The summed E-state index contributed by atoms with van der Waals surface area (Å²) in [5, 5.41) is 6.60. The van der Waals surface area contributed by atoms with E-state index >= 15 is 0 Å². The van der Waals surface area contributed by atoms with Gasteiger partial charge in [0.1, 0.15) is 6.10 Å². The number of piperidine rings is 1. The van der Waals surface area contributed by atoms with Crippen molar-refractivity contribution in [1.29, 1.82) is 0 Å². The van der Waals surface area contributed by atoms with E-state index in [-0.39, 0.29) is 12.0 Å². The van der Waals surface area contributed by atoms with Gasteiger partial charge in [-0.15, -0.1) is 0 Å². The molecule has 0 aromatic heterocycles. The molecule has 2 N–H and O–H groups in total. The van der Waals surface area contributed by atoms with Gasteiger partial charge in [-0.1, -0.05) is 24.3 Å². The van der Waals surface area contributed by atoms with Crippen LogP contribution < -0.4 is 25.0 Å². The standard InChI is InChI=1S/C24H32N4O3/c1-18(31-22-9-5-4-8-21(22)30-3)16-26-24(25-2)27-17-19-11-13-20(14-12-19)28-15-7-6-10-23(28)29/h4-5,8-9,11-14,18H,6-7,10,15-17H2,1-3H3,(H2,25,26,27). The molecule has 0 aliphatic carbocycles. The van der Waals surface area contributed by atoms with Crippen LogP contribution in [0.4, 0.5) is 5.69 Å². The fourth-order valence-corrected chi connectivity index (χ4v) is 3.49. The Hall–Kier alpha value is -3.22. The molecule has 0 bridgehead atoms. The van der Waals surface area contributed by atoms with Gasteiger partial charge in [0.25, 0.3) is 0 Å². The third kappa shape index (κ3) is 6.38. The van der Waals surface area contributed by atoms with Gasteiger partial charge < -0.3 is 25.0 Å². The molecule has 0 radical (unpaired) electrons. The number of carbonyl (C=O) groups excluding carboxylic acids is 1. The Morgan fingerprint density at radius 1 is 1.10 bits per heavy atom. The molecule has 1 aliphatic heterocycles. The predicted octanol–water partition coefficient (Wildman–Crippen LogP) is 3.34. The number of hydrogen-bond acceptors (Lipinski definition) is 4. The molecule has 1 aliphatic rings. The van der Waals surface area contributed by atoms with Crippen LogP contribution in [0, 0.1) is 0 Å². The van der Waals surface area contributed by atoms with Crippen molar-refractivity contribution >= 4 is 17.6 Å². The summed E-state index contributed by atoms with van der Waals surface area (Å²) in [7, 11) is 3.37. The average molecular weight is 425 g/mol. The van der Waals surface area contributed by atoms with E-state index < -0.39 is 0 Å². The first kappa shape index (κ1) is 22.5. The maximum absolute atomic E-state index is 12.1. The largest absolute Gasteiger partial charge is 0.493 e. The summed E-state index contributed by atoms with van der Waals surface area (Å²) in [6, 6.07) is 15.7. The van der Waals surface area contributed by atoms with Crippen molar-refractivity contribution in [2.45, 2.75) is 38.8 Å². The zero-order valence-electron chi connectivity index (χ0n) is 18.6. The summed E-state index contributed by atoms with van der Waals surface area (Å²) in [6.07, 6.45) is 2.63. The summed E-state index contributed by atoms with van der Waals surface area (Å²) >= 11 is 0. The lowest BCUT2D eigenvalue weighted by Gasteiger charge is -2.26. The first-order valence-electron chi connectivity index (χ1n) is 10.7. The Bertz CT molecular complexity index is 883. The lowest BCUT2D eigenvalue weighted by Crippen LogP contribution is -2.41. The van der Waals surface area contributed by atoms with Gasteiger partial charge >= 0.3 is 0 Å². The monoisotopic (exact) mass is 424 g/mol. The summed E-state index contributed by atoms with van der Waals surface area (Å²) < 4.78 is 11.3. The number of rotatable bonds is 8. The van der Waals surface area contributed by atoms with Crippen molar-refractivity contribution in [1.82, 2.24) is 10.6 Å². The molecule has 7 nitrogen and oxygen atoms in total. The van der Waals surface area contributed by atoms with Gasteiger partial charge in [-0.05, 0) is 49.6 Å². The molecule has 31 heavy (non-hydrogen) atoms. The smallest absolute Gasteiger partial charge is 0.226 e. The Balaban J connectivity index is 1.46. The highest BCUT2D eigenvalue weighted by molar-refractivity contribution is 5.93. The molecule has 2 aromatic carbocycles. The molecule has 1 saturated heterocycles. The number of anilines is 1. The second-order valence-corrected chi connectivity index (χ2v) is 7.55. The minimum atomic E-state index is -0.0730. The van der Waals surface area contributed by atoms with Crippen LogP contribution in [0.1, 0.15) is 31.7 Å². The molecule has 1 heterocycles. The van der Waals surface area contributed by atoms with Gasteiger partial charge in [-0.2, -0.15) is 0 Å². The maximum atomic E-state index is 12.1. The van der Waals surface area contributed by atoms with E-state index in [9.17, 15) is 4.79 Å². The van der Waals surface area contributed by atoms with Crippen molar-refractivity contribution in [3.8, 4) is 11.5 Å². The van der Waals surface area contributed by atoms with Crippen LogP contribution in [0.25, 0.3) is 0 Å². The fourth-order valence-electron chi connectivity index (χ4n) is 3.49. The Kier molecular flexibility index (Phi) is 8.15. The number of hydrogen-bond donors (Lipinski definition) is 2. The topological polar surface area (TPSA) is 75.2 Å². The molecule has 166 valence electrons. The third-order valence-corrected chi connectivity index (χ3v) is 5.21. The summed E-state index contributed by atoms with van der Waals surface area (Å²) in [5.41, 5.74) is 2.09. The van der Waals surface area contributed by atoms with Crippen LogP contribution >= 0.6 is 0 Å². The minimum Gasteiger partial charge on any atom is -0.493 e. The molecule has 1 amide bonds. The summed E-state index contributed by atoms with van der Waals surface area (Å²) in [5.74, 6) is 2.35. The quantitative estimate of drug-likeness (QED) is 0.502. The van der Waals surface area contributed by atoms with Gasteiger partial charge in [0, 0.05) is 32.2 Å². The van der Waals surface area contributed by atoms with Crippen molar-refractivity contribution in [3.63, 3.8) is 0 Å². The van der Waals surface area contributed by atoms with Crippen LogP contribution in [0.2, 0.25) is 0 Å². The zero-order valence-corrected chi connectivity index (χ0v) is 18.6. The van der Waals surface area contributed by atoms with Gasteiger partial charge in [0.2, 0.25) is 5.91 Å². The molecule has 1 fully saturated rings. The van der Waals surface area contributed by atoms with Crippen LogP contribution in [0.15, 0.2) is 53.5 Å². The van der Waals surface area contributed by atoms with Crippen molar-refractivity contribution in [3.05, 3.63) is 54.1 Å². The van der Waals surface area contributed by atoms with Gasteiger partial charge in [-0.3, -0.25) is 9.79 Å². The first-order chi connectivity index (χ1) is 15.1. The van der Waals surface area contributed by atoms with Crippen LogP contribution in [0.3, 0.4) is 0 Å². The lowest BCUT2D eigenvalue weighted by molar-refractivity contribution is -0.119. The average Bonchev–Trinajstić information content (AvgIpc) is 2.80. The maximum Gasteiger partial charge on any atom is 0.226 e. The Morgan fingerprint density at radius 3 is 2.52 bits per heavy atom. The lowest BCUT2D eigenvalue weighted by atomic mass is 10.1. The van der Waals surface area contributed by atoms with Gasteiger partial charge in [-0.25, -0.2) is 0 Å². The van der Waals surface area contributed by atoms with Crippen LogP contribution in [-0.2, 0) is 11.3 Å². The molecule has 7 heteroatoms. The molecular weight excluding hydrogens is 392 g/mol. The third-order valence-electron chi connectivity index (χ3n) is 5.21. The highest BCUT2D eigenvalue weighted by Gasteiger charge is 2.19. The molecule has 2 aromatic rings. The second kappa shape index (κ2) is 11.2. The van der Waals surface area contributed by atoms with E-state index in [2.05, 4.69) is 15.6 Å². The van der Waals surface area contributed by atoms with Gasteiger partial charge in [0.15, 0.2) is 17.5 Å². The number of para-hydroxylation sites is 2. The SMILES string of the molecule is CN=C(NCc1ccc(N2CCCCC2=O)cc1)NCC(C)Oc1ccccc1OC. The number of benzene rings is 2. The Labute approximate surface area is 184 Å². The van der Waals surface area contributed by atoms with E-state index in [1.165, 1.54) is 0 Å². The van der Waals surface area contributed by atoms with E-state index in [1.54, 1.807) is 14.2 Å². The summed E-state index contributed by atoms with van der Waals surface area (Å²) in [4.78, 5) is 18.2. The highest BCUT2D eigenvalue weighted by Crippen LogP contribution is 2.26. The number of methoxy groups -OCH3 is 1. The first-order valence-corrected chi connectivity index (χ1v) is 10.7. The van der Waals surface area contributed by atoms with Crippen molar-refractivity contribution in [2.75, 3.05) is 32.1 Å². The number of aliphatic imine (C=N–C) groups is 1. The molecule has 0 spiro atoms. The second-order valence-electron chi connectivity index (χ2n) is 7.55. The van der Waals surface area contributed by atoms with Crippen LogP contribution in [0.5, 0.6) is 11.5 Å². The van der Waals surface area contributed by atoms with Gasteiger partial charge in [0.05, 0.1) is 13.7 Å². The molecular formula is C24H32N4O3. The number of amides is 1.